The number of fused-ring (bicyclic) bond motifs is 2. The Morgan fingerprint density at radius 2 is 1.13 bits per heavy atom. The van der Waals surface area contributed by atoms with E-state index in [0.29, 0.717) is 10.5 Å². The minimum absolute atomic E-state index is 0.373. The van der Waals surface area contributed by atoms with E-state index < -0.39 is 8.41 Å². The summed E-state index contributed by atoms with van der Waals surface area (Å²) in [6.45, 7) is 7.10. The van der Waals surface area contributed by atoms with Crippen LogP contribution in [0.15, 0.2) is 108 Å². The van der Waals surface area contributed by atoms with Crippen molar-refractivity contribution in [1.29, 1.82) is 0 Å². The van der Waals surface area contributed by atoms with Crippen molar-refractivity contribution < 1.29 is 0 Å². The number of rotatable bonds is 7. The van der Waals surface area contributed by atoms with Gasteiger partial charge in [-0.3, -0.25) is 0 Å². The zero-order valence-corrected chi connectivity index (χ0v) is 24.3. The molecule has 0 saturated carbocycles. The van der Waals surface area contributed by atoms with Crippen LogP contribution in [0.4, 0.5) is 0 Å². The molecule has 0 radical (unpaired) electrons. The molecule has 188 valence electrons. The standard InChI is InChI=1S/C36H34SSi/c1-4-25-23-33-29(26-13-7-5-8-14-26)17-11-19-31(33)35(25)37-36-28(21-22-38(2)3)24-34-30(18-12-20-32(34)36)27-15-9-6-10-16-27/h5-20,22-24,35-36H,4,21H2,1-3H3. The fourth-order valence-corrected chi connectivity index (χ4v) is 8.21. The maximum absolute atomic E-state index is 2.57. The highest BCUT2D eigenvalue weighted by Crippen LogP contribution is 2.57. The molecule has 2 heteroatoms. The summed E-state index contributed by atoms with van der Waals surface area (Å²) in [6.07, 6.45) is 7.16. The molecule has 2 atom stereocenters. The second-order valence-corrected chi connectivity index (χ2v) is 14.3. The zero-order valence-electron chi connectivity index (χ0n) is 22.4. The van der Waals surface area contributed by atoms with Gasteiger partial charge in [0.25, 0.3) is 0 Å². The minimum Gasteiger partial charge on any atom is -0.136 e. The van der Waals surface area contributed by atoms with Crippen LogP contribution in [-0.2, 0) is 0 Å². The van der Waals surface area contributed by atoms with Gasteiger partial charge in [-0.25, -0.2) is 0 Å². The molecule has 0 aromatic heterocycles. The molecule has 4 aromatic rings. The van der Waals surface area contributed by atoms with Crippen LogP contribution >= 0.6 is 11.8 Å². The summed E-state index contributed by atoms with van der Waals surface area (Å²) in [5, 5.41) is 0.754. The van der Waals surface area contributed by atoms with Crippen molar-refractivity contribution in [2.75, 3.05) is 0 Å². The first-order chi connectivity index (χ1) is 18.6. The van der Waals surface area contributed by atoms with Gasteiger partial charge in [-0.2, -0.15) is 0 Å². The lowest BCUT2D eigenvalue weighted by Gasteiger charge is -2.24. The Hall–Kier alpha value is -3.20. The number of hydrogen-bond donors (Lipinski definition) is 0. The predicted molar refractivity (Wildman–Crippen MR) is 171 cm³/mol. The maximum atomic E-state index is 2.57. The summed E-state index contributed by atoms with van der Waals surface area (Å²) in [7, 11) is -0.406. The van der Waals surface area contributed by atoms with E-state index in [9.17, 15) is 0 Å². The van der Waals surface area contributed by atoms with E-state index in [0.717, 1.165) is 12.8 Å². The molecule has 0 aliphatic heterocycles. The Balaban J connectivity index is 1.42. The largest absolute Gasteiger partial charge is 0.136 e. The summed E-state index contributed by atoms with van der Waals surface area (Å²) in [5.74, 6) is 0. The van der Waals surface area contributed by atoms with Crippen LogP contribution in [0, 0.1) is 0 Å². The van der Waals surface area contributed by atoms with Gasteiger partial charge < -0.3 is 0 Å². The van der Waals surface area contributed by atoms with E-state index in [-0.39, 0.29) is 0 Å². The van der Waals surface area contributed by atoms with Crippen LogP contribution in [0.1, 0.15) is 52.5 Å². The monoisotopic (exact) mass is 526 g/mol. The molecule has 0 N–H and O–H groups in total. The first-order valence-corrected chi connectivity index (χ1v) is 17.2. The van der Waals surface area contributed by atoms with Gasteiger partial charge in [0.2, 0.25) is 0 Å². The molecule has 0 amide bonds. The average molecular weight is 527 g/mol. The first kappa shape index (κ1) is 25.1. The molecule has 38 heavy (non-hydrogen) atoms. The molecular weight excluding hydrogens is 493 g/mol. The van der Waals surface area contributed by atoms with Crippen molar-refractivity contribution in [1.82, 2.24) is 0 Å². The summed E-state index contributed by atoms with van der Waals surface area (Å²) < 4.78 is 0. The van der Waals surface area contributed by atoms with E-state index in [1.807, 2.05) is 0 Å². The lowest BCUT2D eigenvalue weighted by atomic mass is 9.97. The Labute approximate surface area is 233 Å². The zero-order chi connectivity index (χ0) is 26.1. The van der Waals surface area contributed by atoms with Crippen LogP contribution in [0.3, 0.4) is 0 Å². The van der Waals surface area contributed by atoms with Gasteiger partial charge in [0.15, 0.2) is 0 Å². The van der Waals surface area contributed by atoms with Crippen molar-refractivity contribution >= 4 is 38.0 Å². The first-order valence-electron chi connectivity index (χ1n) is 13.7. The molecule has 2 aliphatic rings. The van der Waals surface area contributed by atoms with E-state index in [1.54, 1.807) is 11.1 Å². The smallest absolute Gasteiger partial charge is 0.0528 e. The highest BCUT2D eigenvalue weighted by molar-refractivity contribution is 8.00. The van der Waals surface area contributed by atoms with Crippen LogP contribution in [0.5, 0.6) is 0 Å². The Bertz CT molecular complexity index is 1560. The highest BCUT2D eigenvalue weighted by atomic mass is 32.2. The van der Waals surface area contributed by atoms with E-state index >= 15 is 0 Å². The lowest BCUT2D eigenvalue weighted by Crippen LogP contribution is -2.03. The molecule has 6 rings (SSSR count). The van der Waals surface area contributed by atoms with Gasteiger partial charge in [-0.15, -0.1) is 11.8 Å². The van der Waals surface area contributed by atoms with Crippen LogP contribution in [0.25, 0.3) is 34.4 Å². The van der Waals surface area contributed by atoms with E-state index in [1.165, 1.54) is 44.5 Å². The summed E-state index contributed by atoms with van der Waals surface area (Å²) >= 11 is 2.16. The Morgan fingerprint density at radius 1 is 0.632 bits per heavy atom. The van der Waals surface area contributed by atoms with Gasteiger partial charge >= 0.3 is 0 Å². The van der Waals surface area contributed by atoms with E-state index in [4.69, 9.17) is 0 Å². The fourth-order valence-electron chi connectivity index (χ4n) is 5.84. The lowest BCUT2D eigenvalue weighted by molar-refractivity contribution is 1.00. The van der Waals surface area contributed by atoms with Crippen molar-refractivity contribution in [3.05, 3.63) is 130 Å². The molecule has 0 spiro atoms. The third kappa shape index (κ3) is 4.72. The van der Waals surface area contributed by atoms with E-state index in [2.05, 4.69) is 147 Å². The summed E-state index contributed by atoms with van der Waals surface area (Å²) in [6, 6.07) is 35.6. The molecule has 0 bridgehead atoms. The van der Waals surface area contributed by atoms with Gasteiger partial charge in [0, 0.05) is 0 Å². The second kappa shape index (κ2) is 10.9. The van der Waals surface area contributed by atoms with Crippen molar-refractivity contribution in [2.24, 2.45) is 0 Å². The van der Waals surface area contributed by atoms with Crippen molar-refractivity contribution in [3.8, 4) is 22.3 Å². The number of benzene rings is 4. The van der Waals surface area contributed by atoms with Crippen LogP contribution in [0.2, 0.25) is 13.1 Å². The summed E-state index contributed by atoms with van der Waals surface area (Å²) in [5.41, 5.74) is 16.8. The summed E-state index contributed by atoms with van der Waals surface area (Å²) in [4.78, 5) is 0. The molecule has 2 aliphatic carbocycles. The average Bonchev–Trinajstić information content (AvgIpc) is 3.50. The minimum atomic E-state index is -0.406. The SMILES string of the molecule is CCC1=Cc2c(-c3ccccc3)cccc2C1SC1C(CC=[Si](C)C)=Cc2c(-c3ccccc3)cccc21. The van der Waals surface area contributed by atoms with Crippen molar-refractivity contribution in [2.45, 2.75) is 43.4 Å². The molecule has 2 unspecified atom stereocenters. The highest BCUT2D eigenvalue weighted by Gasteiger charge is 2.34. The van der Waals surface area contributed by atoms with Crippen LogP contribution < -0.4 is 0 Å². The quantitative estimate of drug-likeness (QED) is 0.216. The molecule has 0 saturated heterocycles. The number of thioether (sulfide) groups is 1. The topological polar surface area (TPSA) is 0 Å². The van der Waals surface area contributed by atoms with Gasteiger partial charge in [0.05, 0.1) is 10.5 Å². The third-order valence-corrected chi connectivity index (χ3v) is 10.5. The molecule has 4 aromatic carbocycles. The maximum Gasteiger partial charge on any atom is 0.0528 e. The number of hydrogen-bond acceptors (Lipinski definition) is 1. The molecule has 0 nitrogen and oxygen atoms in total. The second-order valence-electron chi connectivity index (χ2n) is 10.5. The van der Waals surface area contributed by atoms with Crippen LogP contribution in [-0.4, -0.2) is 14.1 Å². The molecular formula is C36H34SSi. The van der Waals surface area contributed by atoms with Gasteiger partial charge in [-0.1, -0.05) is 140 Å². The van der Waals surface area contributed by atoms with Gasteiger partial charge in [-0.05, 0) is 71.3 Å². The van der Waals surface area contributed by atoms with Gasteiger partial charge in [0.1, 0.15) is 0 Å². The third-order valence-electron chi connectivity index (χ3n) is 7.77. The Kier molecular flexibility index (Phi) is 7.19. The fraction of sp³-hybridized carbons (Fsp3) is 0.194. The Morgan fingerprint density at radius 3 is 1.63 bits per heavy atom. The predicted octanol–water partition coefficient (Wildman–Crippen LogP) is 10.3. The van der Waals surface area contributed by atoms with Crippen molar-refractivity contribution in [3.63, 3.8) is 0 Å². The molecule has 0 heterocycles. The molecule has 0 fully saturated rings. The normalized spacial score (nSPS) is 17.4.